The van der Waals surface area contributed by atoms with Crippen LogP contribution in [-0.4, -0.2) is 53.1 Å². The van der Waals surface area contributed by atoms with E-state index in [0.29, 0.717) is 24.7 Å². The second-order valence-corrected chi connectivity index (χ2v) is 4.87. The number of hydrogen-bond acceptors (Lipinski definition) is 3. The molecule has 1 aromatic heterocycles. The lowest BCUT2D eigenvalue weighted by atomic mass is 10.2. The molecule has 0 bridgehead atoms. The first kappa shape index (κ1) is 17.7. The fourth-order valence-corrected chi connectivity index (χ4v) is 2.22. The third kappa shape index (κ3) is 5.90. The number of amides is 1. The number of nitrogens with one attached hydrogen (secondary N) is 2. The molecule has 2 rings (SSSR count). The Bertz CT molecular complexity index is 440. The predicted molar refractivity (Wildman–Crippen MR) is 92.9 cm³/mol. The Hall–Kier alpha value is -1.32. The van der Waals surface area contributed by atoms with Gasteiger partial charge in [0.15, 0.2) is 5.96 Å². The molecule has 0 unspecified atom stereocenters. The molecule has 0 radical (unpaired) electrons. The zero-order valence-corrected chi connectivity index (χ0v) is 14.4. The highest BCUT2D eigenvalue weighted by Gasteiger charge is 2.10. The molecule has 1 aliphatic heterocycles. The van der Waals surface area contributed by atoms with Crippen molar-refractivity contribution in [2.24, 2.45) is 10.7 Å². The Labute approximate surface area is 141 Å². The van der Waals surface area contributed by atoms with E-state index in [-0.39, 0.29) is 29.9 Å². The number of nitrogens with zero attached hydrogens (tertiary/aromatic N) is 3. The minimum absolute atomic E-state index is 0. The molecule has 1 aromatic rings. The van der Waals surface area contributed by atoms with Gasteiger partial charge in [-0.2, -0.15) is 5.10 Å². The van der Waals surface area contributed by atoms with E-state index in [9.17, 15) is 4.79 Å². The molecule has 21 heavy (non-hydrogen) atoms. The molecule has 118 valence electrons. The van der Waals surface area contributed by atoms with Crippen molar-refractivity contribution < 1.29 is 4.79 Å². The molecular weight excluding hydrogens is 383 g/mol. The molecule has 0 atom stereocenters. The van der Waals surface area contributed by atoms with Gasteiger partial charge in [0, 0.05) is 25.8 Å². The Morgan fingerprint density at radius 2 is 2.10 bits per heavy atom. The van der Waals surface area contributed by atoms with E-state index in [0.717, 1.165) is 13.1 Å². The third-order valence-electron chi connectivity index (χ3n) is 3.35. The largest absolute Gasteiger partial charge is 0.370 e. The van der Waals surface area contributed by atoms with Crippen LogP contribution >= 0.6 is 24.0 Å². The van der Waals surface area contributed by atoms with Crippen molar-refractivity contribution in [3.63, 3.8) is 0 Å². The van der Waals surface area contributed by atoms with E-state index in [1.54, 1.807) is 12.3 Å². The lowest BCUT2D eigenvalue weighted by Gasteiger charge is -2.21. The van der Waals surface area contributed by atoms with E-state index in [1.807, 2.05) is 0 Å². The fraction of sp³-hybridized carbons (Fsp3) is 0.615. The maximum atomic E-state index is 11.6. The highest BCUT2D eigenvalue weighted by molar-refractivity contribution is 14.0. The van der Waals surface area contributed by atoms with Crippen LogP contribution in [0, 0.1) is 0 Å². The van der Waals surface area contributed by atoms with Crippen molar-refractivity contribution in [3.8, 4) is 0 Å². The Balaban J connectivity index is 0.00000220. The van der Waals surface area contributed by atoms with Gasteiger partial charge >= 0.3 is 0 Å². The van der Waals surface area contributed by atoms with Crippen LogP contribution in [0.4, 0.5) is 0 Å². The van der Waals surface area contributed by atoms with E-state index in [1.165, 1.54) is 25.7 Å². The Morgan fingerprint density at radius 3 is 2.71 bits per heavy atom. The number of rotatable bonds is 4. The van der Waals surface area contributed by atoms with Gasteiger partial charge in [0.25, 0.3) is 5.91 Å². The zero-order valence-electron chi connectivity index (χ0n) is 12.0. The molecule has 4 N–H and O–H groups in total. The van der Waals surface area contributed by atoms with Crippen molar-refractivity contribution >= 4 is 35.8 Å². The number of aliphatic imine (C=N–C) groups is 1. The molecule has 1 amide bonds. The minimum Gasteiger partial charge on any atom is -0.370 e. The van der Waals surface area contributed by atoms with Crippen molar-refractivity contribution in [2.45, 2.75) is 25.7 Å². The number of aromatic amines is 1. The van der Waals surface area contributed by atoms with Gasteiger partial charge in [-0.1, -0.05) is 12.8 Å². The average molecular weight is 406 g/mol. The van der Waals surface area contributed by atoms with Crippen LogP contribution in [0.25, 0.3) is 0 Å². The number of carbonyl (C=O) groups excluding carboxylic acids is 1. The van der Waals surface area contributed by atoms with E-state index in [4.69, 9.17) is 5.73 Å². The normalized spacial score (nSPS) is 16.0. The summed E-state index contributed by atoms with van der Waals surface area (Å²) in [5.41, 5.74) is 6.43. The number of aromatic nitrogens is 2. The molecule has 7 nitrogen and oxygen atoms in total. The fourth-order valence-electron chi connectivity index (χ4n) is 2.22. The van der Waals surface area contributed by atoms with E-state index >= 15 is 0 Å². The summed E-state index contributed by atoms with van der Waals surface area (Å²) in [4.78, 5) is 18.1. The van der Waals surface area contributed by atoms with Gasteiger partial charge in [-0.25, -0.2) is 0 Å². The predicted octanol–water partition coefficient (Wildman–Crippen LogP) is 0.948. The van der Waals surface area contributed by atoms with E-state index < -0.39 is 0 Å². The number of carbonyl (C=O) groups is 1. The number of H-pyrrole nitrogens is 1. The van der Waals surface area contributed by atoms with Crippen LogP contribution in [0.5, 0.6) is 0 Å². The summed E-state index contributed by atoms with van der Waals surface area (Å²) in [5, 5.41) is 9.11. The van der Waals surface area contributed by atoms with Gasteiger partial charge in [-0.3, -0.25) is 14.9 Å². The van der Waals surface area contributed by atoms with Crippen LogP contribution in [-0.2, 0) is 0 Å². The number of guanidine groups is 1. The van der Waals surface area contributed by atoms with Crippen molar-refractivity contribution in [1.29, 1.82) is 0 Å². The summed E-state index contributed by atoms with van der Waals surface area (Å²) >= 11 is 0. The lowest BCUT2D eigenvalue weighted by molar-refractivity contribution is 0.0950. The van der Waals surface area contributed by atoms with Gasteiger partial charge in [0.2, 0.25) is 0 Å². The van der Waals surface area contributed by atoms with Crippen molar-refractivity contribution in [3.05, 3.63) is 18.0 Å². The quantitative estimate of drug-likeness (QED) is 0.300. The van der Waals surface area contributed by atoms with Gasteiger partial charge < -0.3 is 16.0 Å². The number of hydrogen-bond donors (Lipinski definition) is 3. The van der Waals surface area contributed by atoms with E-state index in [2.05, 4.69) is 25.4 Å². The molecule has 0 saturated carbocycles. The molecule has 0 spiro atoms. The minimum atomic E-state index is -0.175. The topological polar surface area (TPSA) is 99.4 Å². The number of likely N-dealkylation sites (tertiary alicyclic amines) is 1. The van der Waals surface area contributed by atoms with Gasteiger partial charge in [0.1, 0.15) is 5.69 Å². The molecule has 0 aliphatic carbocycles. The smallest absolute Gasteiger partial charge is 0.269 e. The molecule has 1 aliphatic rings. The monoisotopic (exact) mass is 406 g/mol. The van der Waals surface area contributed by atoms with Gasteiger partial charge in [-0.15, -0.1) is 24.0 Å². The molecule has 2 heterocycles. The first-order valence-electron chi connectivity index (χ1n) is 7.10. The summed E-state index contributed by atoms with van der Waals surface area (Å²) in [6.07, 6.45) is 6.43. The first-order chi connectivity index (χ1) is 9.77. The highest BCUT2D eigenvalue weighted by Crippen LogP contribution is 2.08. The van der Waals surface area contributed by atoms with Crippen LogP contribution in [0.15, 0.2) is 17.3 Å². The second kappa shape index (κ2) is 9.59. The maximum absolute atomic E-state index is 11.6. The van der Waals surface area contributed by atoms with Crippen LogP contribution in [0.1, 0.15) is 36.2 Å². The molecule has 1 saturated heterocycles. The average Bonchev–Trinajstić information content (AvgIpc) is 2.85. The molecular formula is C13H23IN6O. The van der Waals surface area contributed by atoms with Crippen LogP contribution in [0.3, 0.4) is 0 Å². The summed E-state index contributed by atoms with van der Waals surface area (Å²) in [6.45, 7) is 2.92. The molecule has 8 heteroatoms. The Kier molecular flexibility index (Phi) is 8.09. The summed E-state index contributed by atoms with van der Waals surface area (Å²) in [5.74, 6) is 0.411. The summed E-state index contributed by atoms with van der Waals surface area (Å²) in [6, 6.07) is 1.63. The first-order valence-corrected chi connectivity index (χ1v) is 7.10. The van der Waals surface area contributed by atoms with Crippen molar-refractivity contribution in [2.75, 3.05) is 26.2 Å². The van der Waals surface area contributed by atoms with Crippen molar-refractivity contribution in [1.82, 2.24) is 20.4 Å². The lowest BCUT2D eigenvalue weighted by Crippen LogP contribution is -2.38. The molecule has 0 aromatic carbocycles. The Morgan fingerprint density at radius 1 is 1.38 bits per heavy atom. The highest BCUT2D eigenvalue weighted by atomic mass is 127. The van der Waals surface area contributed by atoms with Gasteiger partial charge in [0.05, 0.1) is 6.54 Å². The summed E-state index contributed by atoms with van der Waals surface area (Å²) in [7, 11) is 0. The summed E-state index contributed by atoms with van der Waals surface area (Å²) < 4.78 is 0. The zero-order chi connectivity index (χ0) is 14.2. The van der Waals surface area contributed by atoms with Crippen LogP contribution in [0.2, 0.25) is 0 Å². The molecule has 1 fully saturated rings. The second-order valence-electron chi connectivity index (χ2n) is 4.87. The van der Waals surface area contributed by atoms with Crippen LogP contribution < -0.4 is 11.1 Å². The standard InChI is InChI=1S/C13H22N6O.HI/c14-13(19-9-3-1-2-4-10-19)16-8-7-15-12(20)11-5-6-17-18-11;/h5-6H,1-4,7-10H2,(H2,14,16)(H,15,20)(H,17,18);1H. The maximum Gasteiger partial charge on any atom is 0.269 e. The SMILES string of the molecule is I.NC(=NCCNC(=O)c1ccn[nH]1)N1CCCCCC1. The third-order valence-corrected chi connectivity index (χ3v) is 3.35. The van der Waals surface area contributed by atoms with Gasteiger partial charge in [-0.05, 0) is 18.9 Å². The number of nitrogens with two attached hydrogens (primary N) is 1. The number of halogens is 1.